The van der Waals surface area contributed by atoms with Gasteiger partial charge < -0.3 is 4.74 Å². The Morgan fingerprint density at radius 3 is 2.61 bits per heavy atom. The molecule has 1 aromatic carbocycles. The maximum absolute atomic E-state index is 13.0. The number of ether oxygens (including phenoxy) is 1. The van der Waals surface area contributed by atoms with E-state index in [-0.39, 0.29) is 5.82 Å². The van der Waals surface area contributed by atoms with Gasteiger partial charge in [0.15, 0.2) is 5.15 Å². The van der Waals surface area contributed by atoms with Crippen LogP contribution in [0.4, 0.5) is 4.39 Å². The summed E-state index contributed by atoms with van der Waals surface area (Å²) in [6.07, 6.45) is 0. The molecule has 0 saturated carbocycles. The molecule has 0 amide bonds. The molecule has 0 N–H and O–H groups in total. The van der Waals surface area contributed by atoms with Crippen LogP contribution in [-0.4, -0.2) is 10.2 Å². The largest absolute Gasteiger partial charge is 0.436 e. The van der Waals surface area contributed by atoms with Crippen LogP contribution in [0.5, 0.6) is 11.6 Å². The van der Waals surface area contributed by atoms with Crippen LogP contribution in [0.15, 0.2) is 22.7 Å². The molecule has 0 atom stereocenters. The quantitative estimate of drug-likeness (QED) is 0.816. The summed E-state index contributed by atoms with van der Waals surface area (Å²) in [5, 5.41) is 8.01. The van der Waals surface area contributed by atoms with Crippen molar-refractivity contribution in [3.8, 4) is 11.6 Å². The lowest BCUT2D eigenvalue weighted by atomic mass is 10.2. The summed E-state index contributed by atoms with van der Waals surface area (Å²) in [6.45, 7) is 3.67. The van der Waals surface area contributed by atoms with Crippen LogP contribution >= 0.6 is 27.5 Å². The molecule has 2 rings (SSSR count). The molecule has 2 aromatic rings. The fourth-order valence-corrected chi connectivity index (χ4v) is 1.92. The second kappa shape index (κ2) is 5.20. The van der Waals surface area contributed by atoms with E-state index in [1.807, 2.05) is 13.8 Å². The van der Waals surface area contributed by atoms with Gasteiger partial charge in [-0.05, 0) is 53.5 Å². The maximum Gasteiger partial charge on any atom is 0.242 e. The number of hydrogen-bond donors (Lipinski definition) is 0. The highest BCUT2D eigenvalue weighted by Gasteiger charge is 2.12. The van der Waals surface area contributed by atoms with Crippen LogP contribution < -0.4 is 4.74 Å². The van der Waals surface area contributed by atoms with E-state index in [2.05, 4.69) is 26.1 Å². The van der Waals surface area contributed by atoms with Crippen LogP contribution in [-0.2, 0) is 0 Å². The van der Waals surface area contributed by atoms with Crippen LogP contribution in [0.3, 0.4) is 0 Å². The number of nitrogens with zero attached hydrogens (tertiary/aromatic N) is 2. The molecule has 0 bridgehead atoms. The molecule has 0 aliphatic heterocycles. The van der Waals surface area contributed by atoms with Crippen molar-refractivity contribution in [1.82, 2.24) is 10.2 Å². The van der Waals surface area contributed by atoms with Gasteiger partial charge in [-0.1, -0.05) is 11.6 Å². The minimum absolute atomic E-state index is 0.343. The molecule has 18 heavy (non-hydrogen) atoms. The molecule has 0 spiro atoms. The summed E-state index contributed by atoms with van der Waals surface area (Å²) in [5.41, 5.74) is 1.60. The number of aromatic nitrogens is 2. The van der Waals surface area contributed by atoms with Gasteiger partial charge in [0.05, 0.1) is 4.47 Å². The van der Waals surface area contributed by atoms with Gasteiger partial charge in [0.25, 0.3) is 0 Å². The van der Waals surface area contributed by atoms with Crippen molar-refractivity contribution >= 4 is 27.5 Å². The lowest BCUT2D eigenvalue weighted by Gasteiger charge is -2.10. The Kier molecular flexibility index (Phi) is 3.82. The molecule has 0 aliphatic rings. The molecule has 0 aliphatic carbocycles. The molecule has 0 unspecified atom stereocenters. The first kappa shape index (κ1) is 13.2. The van der Waals surface area contributed by atoms with Crippen LogP contribution in [0, 0.1) is 19.7 Å². The molecule has 1 heterocycles. The number of benzene rings is 1. The third-order valence-corrected chi connectivity index (χ3v) is 3.50. The zero-order valence-electron chi connectivity index (χ0n) is 9.67. The standard InChI is InChI=1S/C12H9BrClFN2O/c1-6-7(2)12(17-16-11(6)14)18-10-4-3-8(15)5-9(10)13/h3-5H,1-2H3. The smallest absolute Gasteiger partial charge is 0.242 e. The first-order chi connectivity index (χ1) is 8.49. The summed E-state index contributed by atoms with van der Waals surface area (Å²) in [6, 6.07) is 4.15. The molecular weight excluding hydrogens is 322 g/mol. The van der Waals surface area contributed by atoms with Gasteiger partial charge in [0.2, 0.25) is 5.88 Å². The fourth-order valence-electron chi connectivity index (χ4n) is 1.31. The third-order valence-electron chi connectivity index (χ3n) is 2.52. The van der Waals surface area contributed by atoms with Crippen LogP contribution in [0.1, 0.15) is 11.1 Å². The summed E-state index contributed by atoms with van der Waals surface area (Å²) in [5.74, 6) is 0.476. The topological polar surface area (TPSA) is 35.0 Å². The van der Waals surface area contributed by atoms with Gasteiger partial charge in [-0.3, -0.25) is 0 Å². The Balaban J connectivity index is 2.37. The first-order valence-corrected chi connectivity index (χ1v) is 6.28. The molecule has 6 heteroatoms. The van der Waals surface area contributed by atoms with Crippen molar-refractivity contribution in [1.29, 1.82) is 0 Å². The highest BCUT2D eigenvalue weighted by molar-refractivity contribution is 9.10. The second-order valence-corrected chi connectivity index (χ2v) is 4.94. The van der Waals surface area contributed by atoms with Crippen molar-refractivity contribution in [3.63, 3.8) is 0 Å². The summed E-state index contributed by atoms with van der Waals surface area (Å²) < 4.78 is 19.0. The SMILES string of the molecule is Cc1c(Cl)nnc(Oc2ccc(F)cc2Br)c1C. The predicted octanol–water partition coefficient (Wildman–Crippen LogP) is 4.44. The van der Waals surface area contributed by atoms with Gasteiger partial charge in [-0.15, -0.1) is 10.2 Å². The van der Waals surface area contributed by atoms with Gasteiger partial charge in [0.1, 0.15) is 11.6 Å². The monoisotopic (exact) mass is 330 g/mol. The molecule has 3 nitrogen and oxygen atoms in total. The van der Waals surface area contributed by atoms with Crippen LogP contribution in [0.2, 0.25) is 5.15 Å². The van der Waals surface area contributed by atoms with E-state index in [0.717, 1.165) is 11.1 Å². The highest BCUT2D eigenvalue weighted by atomic mass is 79.9. The zero-order valence-corrected chi connectivity index (χ0v) is 12.0. The van der Waals surface area contributed by atoms with Gasteiger partial charge in [-0.2, -0.15) is 0 Å². The summed E-state index contributed by atoms with van der Waals surface area (Å²) >= 11 is 9.08. The lowest BCUT2D eigenvalue weighted by Crippen LogP contribution is -1.98. The highest BCUT2D eigenvalue weighted by Crippen LogP contribution is 2.32. The predicted molar refractivity (Wildman–Crippen MR) is 70.7 cm³/mol. The Hall–Kier alpha value is -1.20. The average Bonchev–Trinajstić information content (AvgIpc) is 2.33. The normalized spacial score (nSPS) is 10.5. The molecular formula is C12H9BrClFN2O. The van der Waals surface area contributed by atoms with E-state index in [0.29, 0.717) is 21.3 Å². The van der Waals surface area contributed by atoms with E-state index in [9.17, 15) is 4.39 Å². The number of halogens is 3. The zero-order chi connectivity index (χ0) is 13.3. The maximum atomic E-state index is 13.0. The van der Waals surface area contributed by atoms with Gasteiger partial charge in [-0.25, -0.2) is 4.39 Å². The summed E-state index contributed by atoms with van der Waals surface area (Å²) in [4.78, 5) is 0. The Bertz CT molecular complexity index is 607. The van der Waals surface area contributed by atoms with Crippen molar-refractivity contribution in [2.24, 2.45) is 0 Å². The van der Waals surface area contributed by atoms with E-state index in [4.69, 9.17) is 16.3 Å². The van der Waals surface area contributed by atoms with E-state index >= 15 is 0 Å². The van der Waals surface area contributed by atoms with Crippen molar-refractivity contribution in [3.05, 3.63) is 44.8 Å². The number of hydrogen-bond acceptors (Lipinski definition) is 3. The lowest BCUT2D eigenvalue weighted by molar-refractivity contribution is 0.446. The molecule has 0 radical (unpaired) electrons. The van der Waals surface area contributed by atoms with Crippen molar-refractivity contribution in [2.75, 3.05) is 0 Å². The van der Waals surface area contributed by atoms with E-state index in [1.54, 1.807) is 0 Å². The number of rotatable bonds is 2. The average molecular weight is 332 g/mol. The minimum Gasteiger partial charge on any atom is -0.436 e. The van der Waals surface area contributed by atoms with E-state index < -0.39 is 0 Å². The molecule has 0 saturated heterocycles. The fraction of sp³-hybridized carbons (Fsp3) is 0.167. The Morgan fingerprint density at radius 2 is 1.94 bits per heavy atom. The molecule has 0 fully saturated rings. The molecule has 94 valence electrons. The van der Waals surface area contributed by atoms with Crippen molar-refractivity contribution in [2.45, 2.75) is 13.8 Å². The molecule has 1 aromatic heterocycles. The van der Waals surface area contributed by atoms with Crippen LogP contribution in [0.25, 0.3) is 0 Å². The van der Waals surface area contributed by atoms with Gasteiger partial charge >= 0.3 is 0 Å². The third kappa shape index (κ3) is 2.62. The second-order valence-electron chi connectivity index (χ2n) is 3.72. The van der Waals surface area contributed by atoms with E-state index in [1.165, 1.54) is 18.2 Å². The van der Waals surface area contributed by atoms with Gasteiger partial charge in [0, 0.05) is 5.56 Å². The van der Waals surface area contributed by atoms with Crippen molar-refractivity contribution < 1.29 is 9.13 Å². The Labute approximate surface area is 117 Å². The minimum atomic E-state index is -0.343. The first-order valence-electron chi connectivity index (χ1n) is 5.11. The Morgan fingerprint density at radius 1 is 1.22 bits per heavy atom. The summed E-state index contributed by atoms with van der Waals surface area (Å²) in [7, 11) is 0.